The van der Waals surface area contributed by atoms with Crippen molar-refractivity contribution < 1.29 is 4.74 Å². The number of nitrogens with zero attached hydrogens (tertiary/aromatic N) is 4. The molecule has 3 atom stereocenters. The van der Waals surface area contributed by atoms with Gasteiger partial charge in [0.2, 0.25) is 11.9 Å². The standard InChI is InChI=1S/C15H25N5O/c1-4-21-15-18-13(16-2)17-14(19-15)20(3)9-12-8-10-5-6-11(12)7-10/h10-12H,4-9H2,1-3H3,(H,16,17,18,19). The Labute approximate surface area is 126 Å². The lowest BCUT2D eigenvalue weighted by Gasteiger charge is -2.27. The lowest BCUT2D eigenvalue weighted by molar-refractivity contribution is 0.310. The van der Waals surface area contributed by atoms with Crippen LogP contribution in [0.1, 0.15) is 32.6 Å². The van der Waals surface area contributed by atoms with Gasteiger partial charge in [0, 0.05) is 20.6 Å². The molecule has 1 N–H and O–H groups in total. The van der Waals surface area contributed by atoms with Crippen LogP contribution in [0.25, 0.3) is 0 Å². The van der Waals surface area contributed by atoms with Gasteiger partial charge in [0.05, 0.1) is 6.61 Å². The molecule has 116 valence electrons. The lowest BCUT2D eigenvalue weighted by Crippen LogP contribution is -2.30. The van der Waals surface area contributed by atoms with Gasteiger partial charge in [-0.1, -0.05) is 6.42 Å². The molecule has 0 saturated heterocycles. The predicted octanol–water partition coefficient (Wildman–Crippen LogP) is 2.18. The number of ether oxygens (including phenoxy) is 1. The summed E-state index contributed by atoms with van der Waals surface area (Å²) in [5, 5.41) is 2.97. The van der Waals surface area contributed by atoms with Gasteiger partial charge in [0.1, 0.15) is 0 Å². The number of nitrogens with one attached hydrogen (secondary N) is 1. The molecule has 1 aromatic heterocycles. The van der Waals surface area contributed by atoms with Crippen molar-refractivity contribution in [3.05, 3.63) is 0 Å². The van der Waals surface area contributed by atoms with Crippen molar-refractivity contribution >= 4 is 11.9 Å². The Balaban J connectivity index is 1.71. The summed E-state index contributed by atoms with van der Waals surface area (Å²) in [6.45, 7) is 3.52. The van der Waals surface area contributed by atoms with E-state index in [0.29, 0.717) is 24.5 Å². The molecule has 2 aliphatic rings. The number of rotatable bonds is 6. The zero-order valence-electron chi connectivity index (χ0n) is 13.2. The van der Waals surface area contributed by atoms with Gasteiger partial charge in [-0.3, -0.25) is 0 Å². The van der Waals surface area contributed by atoms with Gasteiger partial charge in [-0.05, 0) is 43.9 Å². The molecular weight excluding hydrogens is 266 g/mol. The van der Waals surface area contributed by atoms with E-state index in [2.05, 4.69) is 32.2 Å². The second kappa shape index (κ2) is 6.03. The largest absolute Gasteiger partial charge is 0.464 e. The molecule has 6 heteroatoms. The summed E-state index contributed by atoms with van der Waals surface area (Å²) in [6.07, 6.45) is 5.65. The average molecular weight is 291 g/mol. The number of hydrogen-bond acceptors (Lipinski definition) is 6. The Morgan fingerprint density at radius 2 is 2.10 bits per heavy atom. The van der Waals surface area contributed by atoms with Crippen LogP contribution in [0.3, 0.4) is 0 Å². The molecule has 2 saturated carbocycles. The molecule has 0 aliphatic heterocycles. The molecule has 2 bridgehead atoms. The molecule has 2 aliphatic carbocycles. The van der Waals surface area contributed by atoms with E-state index in [1.54, 1.807) is 0 Å². The molecule has 0 spiro atoms. The third-order valence-electron chi connectivity index (χ3n) is 4.83. The summed E-state index contributed by atoms with van der Waals surface area (Å²) in [6, 6.07) is 0.395. The van der Waals surface area contributed by atoms with Crippen LogP contribution in [0, 0.1) is 17.8 Å². The fourth-order valence-electron chi connectivity index (χ4n) is 3.86. The van der Waals surface area contributed by atoms with Crippen LogP contribution in [0.5, 0.6) is 6.01 Å². The van der Waals surface area contributed by atoms with Crippen molar-refractivity contribution in [2.24, 2.45) is 17.8 Å². The van der Waals surface area contributed by atoms with Crippen molar-refractivity contribution in [3.8, 4) is 6.01 Å². The first-order chi connectivity index (χ1) is 10.2. The van der Waals surface area contributed by atoms with Gasteiger partial charge in [-0.15, -0.1) is 0 Å². The SMILES string of the molecule is CCOc1nc(NC)nc(N(C)CC2CC3CCC2C3)n1. The van der Waals surface area contributed by atoms with Crippen LogP contribution in [-0.4, -0.2) is 42.2 Å². The second-order valence-corrected chi connectivity index (χ2v) is 6.24. The van der Waals surface area contributed by atoms with E-state index in [4.69, 9.17) is 4.74 Å². The van der Waals surface area contributed by atoms with Crippen LogP contribution in [0.4, 0.5) is 11.9 Å². The quantitative estimate of drug-likeness (QED) is 0.867. The molecule has 0 amide bonds. The fourth-order valence-corrected chi connectivity index (χ4v) is 3.86. The summed E-state index contributed by atoms with van der Waals surface area (Å²) >= 11 is 0. The summed E-state index contributed by atoms with van der Waals surface area (Å²) < 4.78 is 5.43. The van der Waals surface area contributed by atoms with Gasteiger partial charge in [0.25, 0.3) is 0 Å². The zero-order valence-corrected chi connectivity index (χ0v) is 13.2. The van der Waals surface area contributed by atoms with E-state index < -0.39 is 0 Å². The summed E-state index contributed by atoms with van der Waals surface area (Å²) in [5.41, 5.74) is 0. The highest BCUT2D eigenvalue weighted by molar-refractivity contribution is 5.37. The Morgan fingerprint density at radius 1 is 1.24 bits per heavy atom. The van der Waals surface area contributed by atoms with E-state index in [9.17, 15) is 0 Å². The van der Waals surface area contributed by atoms with Crippen LogP contribution in [0.2, 0.25) is 0 Å². The molecule has 0 radical (unpaired) electrons. The highest BCUT2D eigenvalue weighted by atomic mass is 16.5. The van der Waals surface area contributed by atoms with Gasteiger partial charge in [0.15, 0.2) is 0 Å². The molecule has 3 unspecified atom stereocenters. The van der Waals surface area contributed by atoms with Gasteiger partial charge in [-0.2, -0.15) is 15.0 Å². The van der Waals surface area contributed by atoms with E-state index in [0.717, 1.165) is 24.3 Å². The van der Waals surface area contributed by atoms with E-state index in [-0.39, 0.29) is 0 Å². The van der Waals surface area contributed by atoms with E-state index in [1.165, 1.54) is 25.7 Å². The molecule has 2 fully saturated rings. The minimum Gasteiger partial charge on any atom is -0.464 e. The zero-order chi connectivity index (χ0) is 14.8. The average Bonchev–Trinajstić information content (AvgIpc) is 3.09. The minimum absolute atomic E-state index is 0.395. The molecule has 1 aromatic rings. The Kier molecular flexibility index (Phi) is 4.12. The maximum absolute atomic E-state index is 5.43. The smallest absolute Gasteiger partial charge is 0.323 e. The first-order valence-electron chi connectivity index (χ1n) is 7.97. The molecular formula is C15H25N5O. The van der Waals surface area contributed by atoms with Crippen molar-refractivity contribution in [3.63, 3.8) is 0 Å². The Hall–Kier alpha value is -1.59. The number of fused-ring (bicyclic) bond motifs is 2. The molecule has 1 heterocycles. The van der Waals surface area contributed by atoms with E-state index in [1.807, 2.05) is 14.0 Å². The van der Waals surface area contributed by atoms with Crippen LogP contribution >= 0.6 is 0 Å². The number of aromatic nitrogens is 3. The van der Waals surface area contributed by atoms with Crippen molar-refractivity contribution in [1.29, 1.82) is 0 Å². The first kappa shape index (κ1) is 14.4. The highest BCUT2D eigenvalue weighted by Gasteiger charge is 2.39. The maximum atomic E-state index is 5.43. The predicted molar refractivity (Wildman–Crippen MR) is 82.8 cm³/mol. The topological polar surface area (TPSA) is 63.2 Å². The highest BCUT2D eigenvalue weighted by Crippen LogP contribution is 2.48. The minimum atomic E-state index is 0.395. The lowest BCUT2D eigenvalue weighted by atomic mass is 9.88. The molecule has 6 nitrogen and oxygen atoms in total. The van der Waals surface area contributed by atoms with Gasteiger partial charge in [-0.25, -0.2) is 0 Å². The van der Waals surface area contributed by atoms with Crippen molar-refractivity contribution in [2.45, 2.75) is 32.6 Å². The number of anilines is 2. The van der Waals surface area contributed by atoms with Gasteiger partial charge >= 0.3 is 6.01 Å². The van der Waals surface area contributed by atoms with Crippen LogP contribution < -0.4 is 15.0 Å². The fraction of sp³-hybridized carbons (Fsp3) is 0.800. The second-order valence-electron chi connectivity index (χ2n) is 6.24. The van der Waals surface area contributed by atoms with Crippen molar-refractivity contribution in [1.82, 2.24) is 15.0 Å². The van der Waals surface area contributed by atoms with Crippen LogP contribution in [0.15, 0.2) is 0 Å². The summed E-state index contributed by atoms with van der Waals surface area (Å²) in [7, 11) is 3.88. The van der Waals surface area contributed by atoms with Crippen molar-refractivity contribution in [2.75, 3.05) is 37.5 Å². The third kappa shape index (κ3) is 3.04. The molecule has 21 heavy (non-hydrogen) atoms. The Morgan fingerprint density at radius 3 is 2.71 bits per heavy atom. The first-order valence-corrected chi connectivity index (χ1v) is 7.97. The third-order valence-corrected chi connectivity index (χ3v) is 4.83. The summed E-state index contributed by atoms with van der Waals surface area (Å²) in [5.74, 6) is 3.93. The molecule has 3 rings (SSSR count). The monoisotopic (exact) mass is 291 g/mol. The Bertz CT molecular complexity index is 495. The normalized spacial score (nSPS) is 26.9. The van der Waals surface area contributed by atoms with E-state index >= 15 is 0 Å². The van der Waals surface area contributed by atoms with Crippen LogP contribution in [-0.2, 0) is 0 Å². The number of hydrogen-bond donors (Lipinski definition) is 1. The summed E-state index contributed by atoms with van der Waals surface area (Å²) in [4.78, 5) is 15.2. The van der Waals surface area contributed by atoms with Gasteiger partial charge < -0.3 is 15.0 Å². The molecule has 0 aromatic carbocycles. The maximum Gasteiger partial charge on any atom is 0.323 e.